The highest BCUT2D eigenvalue weighted by Gasteiger charge is 2.06. The van der Waals surface area contributed by atoms with Crippen LogP contribution in [0.4, 0.5) is 0 Å². The van der Waals surface area contributed by atoms with Crippen LogP contribution in [0.1, 0.15) is 25.3 Å². The molecular weight excluding hydrogens is 198 g/mol. The first-order valence-corrected chi connectivity index (χ1v) is 5.70. The van der Waals surface area contributed by atoms with Crippen molar-refractivity contribution in [2.24, 2.45) is 5.73 Å². The molecule has 2 N–H and O–H groups in total. The summed E-state index contributed by atoms with van der Waals surface area (Å²) in [4.78, 5) is 0. The Morgan fingerprint density at radius 1 is 1.50 bits per heavy atom. The van der Waals surface area contributed by atoms with E-state index in [2.05, 4.69) is 19.6 Å². The van der Waals surface area contributed by atoms with Gasteiger partial charge in [-0.1, -0.05) is 31.2 Å². The molecule has 1 atom stereocenters. The van der Waals surface area contributed by atoms with E-state index in [1.54, 1.807) is 7.11 Å². The molecule has 0 spiro atoms. The lowest BCUT2D eigenvalue weighted by Crippen LogP contribution is -2.23. The summed E-state index contributed by atoms with van der Waals surface area (Å²) in [5, 5.41) is 0. The van der Waals surface area contributed by atoms with E-state index >= 15 is 0 Å². The summed E-state index contributed by atoms with van der Waals surface area (Å²) in [6, 6.07) is 8.21. The van der Waals surface area contributed by atoms with E-state index in [4.69, 9.17) is 10.5 Å². The molecule has 0 saturated carbocycles. The molecule has 0 aliphatic heterocycles. The summed E-state index contributed by atoms with van der Waals surface area (Å²) in [5.41, 5.74) is 8.51. The van der Waals surface area contributed by atoms with Gasteiger partial charge in [-0.15, -0.1) is 0 Å². The van der Waals surface area contributed by atoms with Gasteiger partial charge in [0.1, 0.15) is 5.75 Å². The van der Waals surface area contributed by atoms with Crippen LogP contribution in [0, 0.1) is 0 Å². The molecule has 16 heavy (non-hydrogen) atoms. The molecule has 1 aromatic carbocycles. The van der Waals surface area contributed by atoms with Crippen LogP contribution in [0.25, 0.3) is 0 Å². The first-order valence-electron chi connectivity index (χ1n) is 5.70. The van der Waals surface area contributed by atoms with Crippen LogP contribution in [0.3, 0.4) is 0 Å². The fraction of sp³-hybridized carbons (Fsp3) is 0.429. The number of hydrogen-bond donors (Lipinski definition) is 1. The molecule has 0 aromatic heterocycles. The highest BCUT2D eigenvalue weighted by molar-refractivity contribution is 5.29. The third-order valence-corrected chi connectivity index (χ3v) is 2.68. The molecule has 88 valence electrons. The normalized spacial score (nSPS) is 12.2. The summed E-state index contributed by atoms with van der Waals surface area (Å²) >= 11 is 0. The van der Waals surface area contributed by atoms with E-state index in [0.717, 1.165) is 25.0 Å². The molecule has 1 rings (SSSR count). The summed E-state index contributed by atoms with van der Waals surface area (Å²) in [6.45, 7) is 6.10. The monoisotopic (exact) mass is 219 g/mol. The number of hydrogen-bond acceptors (Lipinski definition) is 2. The molecule has 0 amide bonds. The van der Waals surface area contributed by atoms with Crippen molar-refractivity contribution < 1.29 is 4.74 Å². The minimum atomic E-state index is 0.152. The van der Waals surface area contributed by atoms with E-state index < -0.39 is 0 Å². The average Bonchev–Trinajstić information content (AvgIpc) is 2.28. The van der Waals surface area contributed by atoms with E-state index in [1.807, 2.05) is 18.2 Å². The third-order valence-electron chi connectivity index (χ3n) is 2.68. The second-order valence-corrected chi connectivity index (χ2v) is 4.12. The number of nitrogens with two attached hydrogens (primary N) is 1. The largest absolute Gasteiger partial charge is 0.497 e. The van der Waals surface area contributed by atoms with Gasteiger partial charge < -0.3 is 10.5 Å². The Labute approximate surface area is 98.1 Å². The molecular formula is C14H21NO. The van der Waals surface area contributed by atoms with Crippen molar-refractivity contribution >= 4 is 0 Å². The number of rotatable bonds is 6. The first kappa shape index (κ1) is 12.8. The van der Waals surface area contributed by atoms with Crippen LogP contribution in [0.15, 0.2) is 36.4 Å². The van der Waals surface area contributed by atoms with E-state index in [9.17, 15) is 0 Å². The Bertz CT molecular complexity index is 346. The van der Waals surface area contributed by atoms with Crippen molar-refractivity contribution in [2.75, 3.05) is 7.11 Å². The van der Waals surface area contributed by atoms with Gasteiger partial charge in [0.25, 0.3) is 0 Å². The van der Waals surface area contributed by atoms with Crippen LogP contribution >= 0.6 is 0 Å². The van der Waals surface area contributed by atoms with Crippen LogP contribution in [0.2, 0.25) is 0 Å². The molecule has 0 bridgehead atoms. The van der Waals surface area contributed by atoms with Crippen molar-refractivity contribution in [1.29, 1.82) is 0 Å². The smallest absolute Gasteiger partial charge is 0.119 e. The summed E-state index contributed by atoms with van der Waals surface area (Å²) in [7, 11) is 1.68. The van der Waals surface area contributed by atoms with Gasteiger partial charge >= 0.3 is 0 Å². The van der Waals surface area contributed by atoms with Crippen LogP contribution in [0.5, 0.6) is 5.75 Å². The van der Waals surface area contributed by atoms with Gasteiger partial charge in [0, 0.05) is 6.04 Å². The van der Waals surface area contributed by atoms with Gasteiger partial charge in [0.05, 0.1) is 7.11 Å². The second-order valence-electron chi connectivity index (χ2n) is 4.12. The number of methoxy groups -OCH3 is 1. The Balaban J connectivity index is 2.55. The average molecular weight is 219 g/mol. The quantitative estimate of drug-likeness (QED) is 0.747. The minimum Gasteiger partial charge on any atom is -0.497 e. The van der Waals surface area contributed by atoms with Gasteiger partial charge in [-0.05, 0) is 37.0 Å². The number of benzene rings is 1. The fourth-order valence-electron chi connectivity index (χ4n) is 1.69. The molecule has 0 saturated heterocycles. The predicted octanol–water partition coefficient (Wildman–Crippen LogP) is 2.92. The zero-order valence-electron chi connectivity index (χ0n) is 10.2. The maximum absolute atomic E-state index is 6.07. The zero-order valence-corrected chi connectivity index (χ0v) is 10.2. The van der Waals surface area contributed by atoms with Crippen molar-refractivity contribution in [1.82, 2.24) is 0 Å². The van der Waals surface area contributed by atoms with Gasteiger partial charge in [-0.25, -0.2) is 0 Å². The Kier molecular flexibility index (Phi) is 5.06. The Morgan fingerprint density at radius 2 is 2.25 bits per heavy atom. The SMILES string of the molecule is C=C(CC)CC(N)Cc1cccc(OC)c1. The highest BCUT2D eigenvalue weighted by Crippen LogP contribution is 2.15. The van der Waals surface area contributed by atoms with Crippen LogP contribution < -0.4 is 10.5 Å². The van der Waals surface area contributed by atoms with Crippen LogP contribution in [-0.4, -0.2) is 13.2 Å². The third kappa shape index (κ3) is 4.07. The second kappa shape index (κ2) is 6.33. The maximum Gasteiger partial charge on any atom is 0.119 e. The lowest BCUT2D eigenvalue weighted by Gasteiger charge is -2.13. The molecule has 1 unspecified atom stereocenters. The summed E-state index contributed by atoms with van der Waals surface area (Å²) in [6.07, 6.45) is 2.77. The van der Waals surface area contributed by atoms with Crippen molar-refractivity contribution in [3.05, 3.63) is 42.0 Å². The first-order chi connectivity index (χ1) is 7.65. The molecule has 0 aliphatic carbocycles. The van der Waals surface area contributed by atoms with Gasteiger partial charge in [0.15, 0.2) is 0 Å². The lowest BCUT2D eigenvalue weighted by molar-refractivity contribution is 0.414. The topological polar surface area (TPSA) is 35.2 Å². The molecule has 0 heterocycles. The fourth-order valence-corrected chi connectivity index (χ4v) is 1.69. The maximum atomic E-state index is 6.07. The Hall–Kier alpha value is -1.28. The van der Waals surface area contributed by atoms with E-state index in [0.29, 0.717) is 0 Å². The Morgan fingerprint density at radius 3 is 2.88 bits per heavy atom. The van der Waals surface area contributed by atoms with Crippen molar-refractivity contribution in [3.8, 4) is 5.75 Å². The molecule has 1 aromatic rings. The zero-order chi connectivity index (χ0) is 12.0. The molecule has 2 nitrogen and oxygen atoms in total. The standard InChI is InChI=1S/C14H21NO/c1-4-11(2)8-13(15)9-12-6-5-7-14(10-12)16-3/h5-7,10,13H,2,4,8-9,15H2,1,3H3. The summed E-state index contributed by atoms with van der Waals surface area (Å²) < 4.78 is 5.18. The molecule has 0 radical (unpaired) electrons. The summed E-state index contributed by atoms with van der Waals surface area (Å²) in [5.74, 6) is 0.888. The molecule has 2 heteroatoms. The van der Waals surface area contributed by atoms with Gasteiger partial charge in [-0.3, -0.25) is 0 Å². The van der Waals surface area contributed by atoms with Gasteiger partial charge in [-0.2, -0.15) is 0 Å². The highest BCUT2D eigenvalue weighted by atomic mass is 16.5. The van der Waals surface area contributed by atoms with Crippen molar-refractivity contribution in [2.45, 2.75) is 32.2 Å². The minimum absolute atomic E-state index is 0.152. The van der Waals surface area contributed by atoms with E-state index in [1.165, 1.54) is 11.1 Å². The van der Waals surface area contributed by atoms with Gasteiger partial charge in [0.2, 0.25) is 0 Å². The molecule has 0 aliphatic rings. The van der Waals surface area contributed by atoms with Crippen molar-refractivity contribution in [3.63, 3.8) is 0 Å². The predicted molar refractivity (Wildman–Crippen MR) is 68.7 cm³/mol. The number of ether oxygens (including phenoxy) is 1. The lowest BCUT2D eigenvalue weighted by atomic mass is 9.99. The van der Waals surface area contributed by atoms with Crippen LogP contribution in [-0.2, 0) is 6.42 Å². The van der Waals surface area contributed by atoms with E-state index in [-0.39, 0.29) is 6.04 Å². The molecule has 0 fully saturated rings.